The van der Waals surface area contributed by atoms with Gasteiger partial charge < -0.3 is 25.4 Å². The van der Waals surface area contributed by atoms with Gasteiger partial charge in [-0.05, 0) is 38.3 Å². The molecule has 0 aliphatic carbocycles. The first-order valence-corrected chi connectivity index (χ1v) is 11.2. The number of hydrogen-bond donors (Lipinski definition) is 3. The second-order valence-corrected chi connectivity index (χ2v) is 8.72. The number of nitrogens with one attached hydrogen (secondary N) is 1. The van der Waals surface area contributed by atoms with Crippen molar-refractivity contribution >= 4 is 23.1 Å². The van der Waals surface area contributed by atoms with Gasteiger partial charge in [0.25, 0.3) is 5.91 Å². The number of rotatable bonds is 4. The van der Waals surface area contributed by atoms with Gasteiger partial charge in [0, 0.05) is 24.4 Å². The maximum Gasteiger partial charge on any atom is 0.273 e. The van der Waals surface area contributed by atoms with Crippen LogP contribution in [0.15, 0.2) is 30.5 Å². The van der Waals surface area contributed by atoms with Gasteiger partial charge >= 0.3 is 0 Å². The Balaban J connectivity index is 1.46. The van der Waals surface area contributed by atoms with Crippen molar-refractivity contribution in [3.05, 3.63) is 53.1 Å². The molecule has 10 heteroatoms. The van der Waals surface area contributed by atoms with Crippen LogP contribution in [-0.2, 0) is 6.61 Å². The molecule has 2 atom stereocenters. The van der Waals surface area contributed by atoms with Crippen molar-refractivity contribution in [3.8, 4) is 0 Å². The highest BCUT2D eigenvalue weighted by Crippen LogP contribution is 2.32. The molecule has 0 aromatic carbocycles. The molecule has 0 spiro atoms. The Hall–Kier alpha value is -3.37. The van der Waals surface area contributed by atoms with Gasteiger partial charge in [0.1, 0.15) is 17.6 Å². The number of aromatic nitrogens is 4. The highest BCUT2D eigenvalue weighted by molar-refractivity contribution is 5.93. The summed E-state index contributed by atoms with van der Waals surface area (Å²) in [5, 5.41) is 31.9. The Labute approximate surface area is 191 Å². The van der Waals surface area contributed by atoms with E-state index in [0.717, 1.165) is 36.3 Å². The van der Waals surface area contributed by atoms with Gasteiger partial charge in [0.05, 0.1) is 42.8 Å². The van der Waals surface area contributed by atoms with Crippen LogP contribution in [0.4, 0.5) is 5.82 Å². The fourth-order valence-electron chi connectivity index (χ4n) is 4.67. The first-order valence-electron chi connectivity index (χ1n) is 11.2. The lowest BCUT2D eigenvalue weighted by molar-refractivity contribution is 0.0599. The Morgan fingerprint density at radius 2 is 2.12 bits per heavy atom. The Kier molecular flexibility index (Phi) is 5.55. The lowest BCUT2D eigenvalue weighted by Gasteiger charge is -2.34. The standard InChI is InChI=1S/C23H27N7O3/c1-14-10-30-21(26-22(14)28-11-16(24)20(32)12-28)9-18(27-30)19-7-2-3-8-29(19)23(33)17-6-4-5-15(13-31)25-17/h4-6,9-10,19-20,24,31-32H,2-3,7-8,11-13H2,1H3/t19-,20-/m0/s1. The Morgan fingerprint density at radius 3 is 2.88 bits per heavy atom. The molecule has 2 aliphatic rings. The van der Waals surface area contributed by atoms with Gasteiger partial charge in [-0.2, -0.15) is 5.10 Å². The minimum Gasteiger partial charge on any atom is -0.390 e. The fraction of sp³-hybridized carbons (Fsp3) is 0.435. The van der Waals surface area contributed by atoms with Gasteiger partial charge in [-0.15, -0.1) is 0 Å². The van der Waals surface area contributed by atoms with Gasteiger partial charge in [-0.25, -0.2) is 14.5 Å². The molecule has 0 radical (unpaired) electrons. The van der Waals surface area contributed by atoms with Crippen LogP contribution in [0.25, 0.3) is 5.65 Å². The quantitative estimate of drug-likeness (QED) is 0.550. The topological polar surface area (TPSA) is 131 Å². The normalized spacial score (nSPS) is 21.2. The molecular weight excluding hydrogens is 422 g/mol. The predicted molar refractivity (Wildman–Crippen MR) is 121 cm³/mol. The molecule has 0 saturated carbocycles. The first-order chi connectivity index (χ1) is 15.9. The molecule has 33 heavy (non-hydrogen) atoms. The minimum absolute atomic E-state index is 0.165. The molecule has 3 aromatic rings. The van der Waals surface area contributed by atoms with Crippen molar-refractivity contribution in [2.45, 2.75) is 44.9 Å². The van der Waals surface area contributed by atoms with E-state index >= 15 is 0 Å². The van der Waals surface area contributed by atoms with Crippen LogP contribution in [0.5, 0.6) is 0 Å². The van der Waals surface area contributed by atoms with Crippen LogP contribution >= 0.6 is 0 Å². The predicted octanol–water partition coefficient (Wildman–Crippen LogP) is 1.49. The summed E-state index contributed by atoms with van der Waals surface area (Å²) >= 11 is 0. The second-order valence-electron chi connectivity index (χ2n) is 8.72. The van der Waals surface area contributed by atoms with Crippen molar-refractivity contribution in [3.63, 3.8) is 0 Å². The number of carbonyl (C=O) groups excluding carboxylic acids is 1. The number of hydrogen-bond acceptors (Lipinski definition) is 8. The molecule has 3 N–H and O–H groups in total. The highest BCUT2D eigenvalue weighted by Gasteiger charge is 2.32. The monoisotopic (exact) mass is 449 g/mol. The van der Waals surface area contributed by atoms with E-state index in [-0.39, 0.29) is 18.6 Å². The number of carbonyl (C=O) groups is 1. The number of aliphatic hydroxyl groups is 2. The summed E-state index contributed by atoms with van der Waals surface area (Å²) in [6.45, 7) is 3.06. The second kappa shape index (κ2) is 8.53. The zero-order valence-corrected chi connectivity index (χ0v) is 18.5. The summed E-state index contributed by atoms with van der Waals surface area (Å²) in [6.07, 6.45) is 3.85. The molecule has 1 amide bonds. The number of pyridine rings is 1. The largest absolute Gasteiger partial charge is 0.390 e. The van der Waals surface area contributed by atoms with Gasteiger partial charge in [0.2, 0.25) is 0 Å². The fourth-order valence-corrected chi connectivity index (χ4v) is 4.67. The minimum atomic E-state index is -0.761. The number of aliphatic hydroxyl groups excluding tert-OH is 2. The molecule has 2 saturated heterocycles. The van der Waals surface area contributed by atoms with E-state index in [1.807, 2.05) is 29.0 Å². The number of piperidine rings is 1. The first kappa shape index (κ1) is 21.5. The van der Waals surface area contributed by atoms with E-state index < -0.39 is 6.10 Å². The molecule has 2 aliphatic heterocycles. The number of anilines is 1. The van der Waals surface area contributed by atoms with Gasteiger partial charge in [-0.3, -0.25) is 4.79 Å². The van der Waals surface area contributed by atoms with Crippen LogP contribution in [0.2, 0.25) is 0 Å². The maximum atomic E-state index is 13.3. The van der Waals surface area contributed by atoms with E-state index in [0.29, 0.717) is 42.4 Å². The number of nitrogens with zero attached hydrogens (tertiary/aromatic N) is 6. The molecular formula is C23H27N7O3. The third-order valence-corrected chi connectivity index (χ3v) is 6.37. The van der Waals surface area contributed by atoms with Gasteiger partial charge in [0.15, 0.2) is 5.65 Å². The third-order valence-electron chi connectivity index (χ3n) is 6.37. The lowest BCUT2D eigenvalue weighted by atomic mass is 9.99. The highest BCUT2D eigenvalue weighted by atomic mass is 16.3. The Morgan fingerprint density at radius 1 is 1.27 bits per heavy atom. The maximum absolute atomic E-state index is 13.3. The summed E-state index contributed by atoms with van der Waals surface area (Å²) in [5.41, 5.74) is 3.43. The molecule has 0 bridgehead atoms. The van der Waals surface area contributed by atoms with E-state index in [9.17, 15) is 15.0 Å². The van der Waals surface area contributed by atoms with Crippen LogP contribution in [-0.4, -0.2) is 72.1 Å². The number of β-amino-alcohol motifs (C(OH)–C–C–N with tert-alkyl or cyclic N) is 1. The molecule has 2 fully saturated rings. The van der Waals surface area contributed by atoms with Crippen molar-refractivity contribution in [1.82, 2.24) is 24.5 Å². The number of likely N-dealkylation sites (tertiary alicyclic amines) is 1. The number of fused-ring (bicyclic) bond motifs is 1. The molecule has 5 rings (SSSR count). The van der Waals surface area contributed by atoms with Gasteiger partial charge in [-0.1, -0.05) is 6.07 Å². The summed E-state index contributed by atoms with van der Waals surface area (Å²) in [7, 11) is 0. The SMILES string of the molecule is Cc1cn2nc([C@@H]3CCCCN3C(=O)c3cccc(CO)n3)cc2nc1N1CC(=N)[C@@H](O)C1. The van der Waals surface area contributed by atoms with E-state index in [1.54, 1.807) is 22.7 Å². The van der Waals surface area contributed by atoms with Crippen molar-refractivity contribution in [2.24, 2.45) is 0 Å². The van der Waals surface area contributed by atoms with E-state index in [1.165, 1.54) is 0 Å². The average Bonchev–Trinajstić information content (AvgIpc) is 3.40. The van der Waals surface area contributed by atoms with Crippen molar-refractivity contribution < 1.29 is 15.0 Å². The van der Waals surface area contributed by atoms with E-state index in [2.05, 4.69) is 4.98 Å². The van der Waals surface area contributed by atoms with Crippen LogP contribution < -0.4 is 4.90 Å². The zero-order valence-electron chi connectivity index (χ0n) is 18.5. The summed E-state index contributed by atoms with van der Waals surface area (Å²) in [6, 6.07) is 6.83. The summed E-state index contributed by atoms with van der Waals surface area (Å²) in [4.78, 5) is 26.1. The molecule has 172 valence electrons. The van der Waals surface area contributed by atoms with Crippen LogP contribution in [0.1, 0.15) is 52.7 Å². The number of amides is 1. The molecule has 3 aromatic heterocycles. The van der Waals surface area contributed by atoms with Crippen molar-refractivity contribution in [2.75, 3.05) is 24.5 Å². The summed E-state index contributed by atoms with van der Waals surface area (Å²) in [5.74, 6) is 0.568. The van der Waals surface area contributed by atoms with E-state index in [4.69, 9.17) is 15.5 Å². The third kappa shape index (κ3) is 3.96. The Bertz CT molecular complexity index is 1220. The molecule has 10 nitrogen and oxygen atoms in total. The average molecular weight is 450 g/mol. The molecule has 0 unspecified atom stereocenters. The number of aryl methyl sites for hydroxylation is 1. The molecule has 5 heterocycles. The van der Waals surface area contributed by atoms with Crippen molar-refractivity contribution in [1.29, 1.82) is 5.41 Å². The smallest absolute Gasteiger partial charge is 0.273 e. The van der Waals surface area contributed by atoms with Crippen LogP contribution in [0, 0.1) is 12.3 Å². The zero-order chi connectivity index (χ0) is 23.1. The van der Waals surface area contributed by atoms with Crippen LogP contribution in [0.3, 0.4) is 0 Å². The summed E-state index contributed by atoms with van der Waals surface area (Å²) < 4.78 is 1.73. The lowest BCUT2D eigenvalue weighted by Crippen LogP contribution is -2.39.